The monoisotopic (exact) mass is 325 g/mol. The first-order chi connectivity index (χ1) is 10.8. The first kappa shape index (κ1) is 18.2. The Morgan fingerprint density at radius 3 is 2.30 bits per heavy atom. The van der Waals surface area contributed by atoms with Crippen LogP contribution in [0.4, 0.5) is 4.79 Å². The van der Waals surface area contributed by atoms with E-state index in [1.165, 1.54) is 0 Å². The number of aldehydes is 1. The maximum absolute atomic E-state index is 12.5. The molecule has 0 aromatic carbocycles. The molecular formula is C18H31NO4. The van der Waals surface area contributed by atoms with Crippen LogP contribution in [0.5, 0.6) is 0 Å². The molecule has 0 bridgehead atoms. The molecule has 2 rings (SSSR count). The largest absolute Gasteiger partial charge is 0.444 e. The van der Waals surface area contributed by atoms with Crippen LogP contribution in [0.15, 0.2) is 0 Å². The van der Waals surface area contributed by atoms with E-state index in [9.17, 15) is 9.59 Å². The molecule has 2 fully saturated rings. The number of rotatable bonds is 4. The molecule has 132 valence electrons. The van der Waals surface area contributed by atoms with Crippen molar-refractivity contribution in [2.24, 2.45) is 5.92 Å². The molecule has 1 aliphatic carbocycles. The highest BCUT2D eigenvalue weighted by Gasteiger charge is 2.40. The number of nitrogens with zero attached hydrogens (tertiary/aromatic N) is 1. The van der Waals surface area contributed by atoms with Gasteiger partial charge >= 0.3 is 6.09 Å². The number of hydrogen-bond donors (Lipinski definition) is 0. The summed E-state index contributed by atoms with van der Waals surface area (Å²) in [5.41, 5.74) is -0.534. The number of methoxy groups -OCH3 is 1. The molecule has 0 radical (unpaired) electrons. The molecule has 5 nitrogen and oxygen atoms in total. The lowest BCUT2D eigenvalue weighted by molar-refractivity contribution is -0.112. The fourth-order valence-corrected chi connectivity index (χ4v) is 3.86. The van der Waals surface area contributed by atoms with E-state index in [1.54, 1.807) is 12.0 Å². The maximum atomic E-state index is 12.5. The molecule has 1 amide bonds. The van der Waals surface area contributed by atoms with Gasteiger partial charge in [0.15, 0.2) is 0 Å². The van der Waals surface area contributed by atoms with E-state index in [0.29, 0.717) is 12.0 Å². The summed E-state index contributed by atoms with van der Waals surface area (Å²) < 4.78 is 10.9. The van der Waals surface area contributed by atoms with Gasteiger partial charge in [-0.05, 0) is 71.6 Å². The third-order valence-electron chi connectivity index (χ3n) is 5.04. The Bertz CT molecular complexity index is 410. The minimum atomic E-state index is -0.534. The van der Waals surface area contributed by atoms with Crippen molar-refractivity contribution in [1.29, 1.82) is 0 Å². The quantitative estimate of drug-likeness (QED) is 0.742. The average Bonchev–Trinajstić information content (AvgIpc) is 2.89. The second-order valence-corrected chi connectivity index (χ2v) is 7.94. The Labute approximate surface area is 139 Å². The van der Waals surface area contributed by atoms with Crippen LogP contribution >= 0.6 is 0 Å². The zero-order valence-corrected chi connectivity index (χ0v) is 14.9. The fourth-order valence-electron chi connectivity index (χ4n) is 3.86. The zero-order valence-electron chi connectivity index (χ0n) is 14.9. The molecule has 1 heterocycles. The molecule has 23 heavy (non-hydrogen) atoms. The predicted molar refractivity (Wildman–Crippen MR) is 88.3 cm³/mol. The van der Waals surface area contributed by atoms with Crippen LogP contribution in [0.25, 0.3) is 0 Å². The Morgan fingerprint density at radius 1 is 1.13 bits per heavy atom. The van der Waals surface area contributed by atoms with Crippen LogP contribution < -0.4 is 0 Å². The van der Waals surface area contributed by atoms with E-state index in [1.807, 2.05) is 20.8 Å². The van der Waals surface area contributed by atoms with Gasteiger partial charge in [0.25, 0.3) is 0 Å². The highest BCUT2D eigenvalue weighted by atomic mass is 16.6. The molecule has 0 N–H and O–H groups in total. The van der Waals surface area contributed by atoms with Crippen molar-refractivity contribution in [3.63, 3.8) is 0 Å². The molecule has 0 aromatic rings. The first-order valence-corrected chi connectivity index (χ1v) is 8.83. The normalized spacial score (nSPS) is 31.9. The van der Waals surface area contributed by atoms with Gasteiger partial charge in [-0.15, -0.1) is 0 Å². The number of carbonyl (C=O) groups is 2. The van der Waals surface area contributed by atoms with Gasteiger partial charge in [0, 0.05) is 13.2 Å². The molecule has 0 spiro atoms. The van der Waals surface area contributed by atoms with Crippen molar-refractivity contribution in [2.45, 2.75) is 89.5 Å². The third kappa shape index (κ3) is 4.93. The summed E-state index contributed by atoms with van der Waals surface area (Å²) in [5, 5.41) is 0. The molecule has 0 aromatic heterocycles. The Hall–Kier alpha value is -1.10. The minimum absolute atomic E-state index is 0.129. The van der Waals surface area contributed by atoms with E-state index >= 15 is 0 Å². The van der Waals surface area contributed by atoms with Crippen LogP contribution in [-0.4, -0.2) is 48.2 Å². The number of amides is 1. The Kier molecular flexibility index (Phi) is 6.06. The summed E-state index contributed by atoms with van der Waals surface area (Å²) in [6.45, 7) is 5.58. The Balaban J connectivity index is 1.96. The van der Waals surface area contributed by atoms with Gasteiger partial charge in [0.05, 0.1) is 12.1 Å². The van der Waals surface area contributed by atoms with Crippen LogP contribution in [0.2, 0.25) is 0 Å². The lowest BCUT2D eigenvalue weighted by atomic mass is 9.83. The number of ether oxygens (including phenoxy) is 2. The number of hydrogen-bond acceptors (Lipinski definition) is 4. The second-order valence-electron chi connectivity index (χ2n) is 7.94. The van der Waals surface area contributed by atoms with Crippen molar-refractivity contribution in [2.75, 3.05) is 7.11 Å². The lowest BCUT2D eigenvalue weighted by Gasteiger charge is -2.34. The van der Waals surface area contributed by atoms with Gasteiger partial charge in [-0.3, -0.25) is 4.90 Å². The zero-order chi connectivity index (χ0) is 17.0. The minimum Gasteiger partial charge on any atom is -0.444 e. The summed E-state index contributed by atoms with van der Waals surface area (Å²) in [5.74, 6) is 0.613. The topological polar surface area (TPSA) is 55.8 Å². The first-order valence-electron chi connectivity index (χ1n) is 8.83. The lowest BCUT2D eigenvalue weighted by Crippen LogP contribution is -2.45. The molecule has 1 saturated heterocycles. The van der Waals surface area contributed by atoms with Crippen molar-refractivity contribution in [1.82, 2.24) is 4.90 Å². The summed E-state index contributed by atoms with van der Waals surface area (Å²) >= 11 is 0. The number of carbonyl (C=O) groups excluding carboxylic acids is 2. The van der Waals surface area contributed by atoms with Crippen LogP contribution in [-0.2, 0) is 14.3 Å². The van der Waals surface area contributed by atoms with Crippen molar-refractivity contribution in [3.8, 4) is 0 Å². The molecule has 1 saturated carbocycles. The van der Waals surface area contributed by atoms with Gasteiger partial charge in [0.1, 0.15) is 11.9 Å². The summed E-state index contributed by atoms with van der Waals surface area (Å²) in [6.07, 6.45) is 8.03. The summed E-state index contributed by atoms with van der Waals surface area (Å²) in [7, 11) is 1.78. The van der Waals surface area contributed by atoms with Crippen LogP contribution in [0, 0.1) is 5.92 Å². The smallest absolute Gasteiger partial charge is 0.411 e. The molecule has 2 atom stereocenters. The molecule has 2 aliphatic rings. The second kappa shape index (κ2) is 7.65. The Morgan fingerprint density at radius 2 is 1.78 bits per heavy atom. The maximum Gasteiger partial charge on any atom is 0.411 e. The average molecular weight is 325 g/mol. The molecule has 2 unspecified atom stereocenters. The van der Waals surface area contributed by atoms with Crippen molar-refractivity contribution >= 4 is 12.4 Å². The van der Waals surface area contributed by atoms with Crippen LogP contribution in [0.3, 0.4) is 0 Å². The molecule has 1 aliphatic heterocycles. The van der Waals surface area contributed by atoms with Crippen molar-refractivity contribution in [3.05, 3.63) is 0 Å². The summed E-state index contributed by atoms with van der Waals surface area (Å²) in [4.78, 5) is 25.5. The van der Waals surface area contributed by atoms with E-state index in [4.69, 9.17) is 9.47 Å². The molecular weight excluding hydrogens is 294 g/mol. The van der Waals surface area contributed by atoms with E-state index < -0.39 is 5.60 Å². The van der Waals surface area contributed by atoms with Gasteiger partial charge in [-0.25, -0.2) is 4.79 Å². The van der Waals surface area contributed by atoms with Gasteiger partial charge < -0.3 is 14.3 Å². The highest BCUT2D eigenvalue weighted by molar-refractivity contribution is 5.75. The predicted octanol–water partition coefficient (Wildman–Crippen LogP) is 3.55. The standard InChI is InChI=1S/C18H31NO4/c1-18(2,3)23-17(21)19-14(7-8-15(19)12-20)11-13-5-9-16(22-4)10-6-13/h12-16H,5-11H2,1-4H3. The highest BCUT2D eigenvalue weighted by Crippen LogP contribution is 2.35. The SMILES string of the molecule is COC1CCC(CC2CCC(C=O)N2C(=O)OC(C)(C)C)CC1. The molecule has 5 heteroatoms. The van der Waals surface area contributed by atoms with E-state index in [-0.39, 0.29) is 18.2 Å². The van der Waals surface area contributed by atoms with Crippen LogP contribution in [0.1, 0.15) is 65.7 Å². The van der Waals surface area contributed by atoms with E-state index in [2.05, 4.69) is 0 Å². The van der Waals surface area contributed by atoms with Gasteiger partial charge in [-0.2, -0.15) is 0 Å². The fraction of sp³-hybridized carbons (Fsp3) is 0.889. The third-order valence-corrected chi connectivity index (χ3v) is 5.04. The summed E-state index contributed by atoms with van der Waals surface area (Å²) in [6, 6.07) is -0.200. The van der Waals surface area contributed by atoms with E-state index in [0.717, 1.165) is 51.2 Å². The van der Waals surface area contributed by atoms with Gasteiger partial charge in [-0.1, -0.05) is 0 Å². The van der Waals surface area contributed by atoms with Gasteiger partial charge in [0.2, 0.25) is 0 Å². The number of likely N-dealkylation sites (tertiary alicyclic amines) is 1. The van der Waals surface area contributed by atoms with Crippen molar-refractivity contribution < 1.29 is 19.1 Å².